The minimum Gasteiger partial charge on any atom is -0.345 e. The number of amides is 1. The zero-order valence-electron chi connectivity index (χ0n) is 18.9. The SMILES string of the molecule is Cn1c(SCC(=O)N2CCN(c3nc4ccc([N+](=O)[O-])cc4s3)CC2)nnc1-c1ccc(Cl)cc1Cl. The topological polar surface area (TPSA) is 110 Å². The van der Waals surface area contributed by atoms with Crippen molar-refractivity contribution in [2.45, 2.75) is 5.16 Å². The van der Waals surface area contributed by atoms with E-state index < -0.39 is 4.92 Å². The van der Waals surface area contributed by atoms with Crippen LogP contribution < -0.4 is 4.90 Å². The van der Waals surface area contributed by atoms with Gasteiger partial charge in [-0.3, -0.25) is 14.9 Å². The van der Waals surface area contributed by atoms with Gasteiger partial charge in [0.25, 0.3) is 5.69 Å². The first-order valence-corrected chi connectivity index (χ1v) is 13.4. The van der Waals surface area contributed by atoms with Gasteiger partial charge in [0.2, 0.25) is 5.91 Å². The molecule has 1 fully saturated rings. The van der Waals surface area contributed by atoms with Crippen molar-refractivity contribution in [1.29, 1.82) is 0 Å². The van der Waals surface area contributed by atoms with Gasteiger partial charge in [-0.25, -0.2) is 4.98 Å². The lowest BCUT2D eigenvalue weighted by molar-refractivity contribution is -0.384. The van der Waals surface area contributed by atoms with E-state index in [2.05, 4.69) is 20.1 Å². The van der Waals surface area contributed by atoms with Gasteiger partial charge in [0.15, 0.2) is 16.1 Å². The van der Waals surface area contributed by atoms with Crippen molar-refractivity contribution in [3.05, 3.63) is 56.6 Å². The maximum Gasteiger partial charge on any atom is 0.270 e. The first kappa shape index (κ1) is 24.8. The first-order chi connectivity index (χ1) is 17.3. The highest BCUT2D eigenvalue weighted by Gasteiger charge is 2.24. The lowest BCUT2D eigenvalue weighted by Gasteiger charge is -2.34. The molecular formula is C22H19Cl2N7O3S2. The smallest absolute Gasteiger partial charge is 0.270 e. The van der Waals surface area contributed by atoms with E-state index in [9.17, 15) is 14.9 Å². The summed E-state index contributed by atoms with van der Waals surface area (Å²) in [6.07, 6.45) is 0. The number of thioether (sulfide) groups is 1. The molecule has 0 unspecified atom stereocenters. The number of rotatable bonds is 6. The van der Waals surface area contributed by atoms with Gasteiger partial charge in [0.1, 0.15) is 0 Å². The summed E-state index contributed by atoms with van der Waals surface area (Å²) < 4.78 is 2.58. The summed E-state index contributed by atoms with van der Waals surface area (Å²) in [5.74, 6) is 0.862. The zero-order chi connectivity index (χ0) is 25.4. The van der Waals surface area contributed by atoms with Crippen LogP contribution in [0.25, 0.3) is 21.6 Å². The molecule has 0 radical (unpaired) electrons. The second-order valence-electron chi connectivity index (χ2n) is 8.05. The van der Waals surface area contributed by atoms with Crippen LogP contribution in [0.5, 0.6) is 0 Å². The molecule has 1 aliphatic heterocycles. The summed E-state index contributed by atoms with van der Waals surface area (Å²) >= 11 is 15.0. The van der Waals surface area contributed by atoms with Gasteiger partial charge in [-0.1, -0.05) is 46.3 Å². The van der Waals surface area contributed by atoms with Crippen molar-refractivity contribution in [2.24, 2.45) is 7.05 Å². The Morgan fingerprint density at radius 2 is 1.92 bits per heavy atom. The molecule has 186 valence electrons. The minimum absolute atomic E-state index is 0.0219. The molecule has 1 saturated heterocycles. The number of carbonyl (C=O) groups excluding carboxylic acids is 1. The third kappa shape index (κ3) is 4.99. The lowest BCUT2D eigenvalue weighted by Crippen LogP contribution is -2.49. The van der Waals surface area contributed by atoms with E-state index in [-0.39, 0.29) is 17.3 Å². The highest BCUT2D eigenvalue weighted by atomic mass is 35.5. The Labute approximate surface area is 224 Å². The Morgan fingerprint density at radius 1 is 1.14 bits per heavy atom. The lowest BCUT2D eigenvalue weighted by atomic mass is 10.2. The number of piperazine rings is 1. The molecule has 4 aromatic rings. The van der Waals surface area contributed by atoms with E-state index in [0.717, 1.165) is 20.9 Å². The summed E-state index contributed by atoms with van der Waals surface area (Å²) in [4.78, 5) is 32.0. The van der Waals surface area contributed by atoms with Crippen LogP contribution in [0.1, 0.15) is 0 Å². The van der Waals surface area contributed by atoms with Gasteiger partial charge in [0, 0.05) is 55.9 Å². The number of nitro groups is 1. The van der Waals surface area contributed by atoms with Crippen molar-refractivity contribution in [1.82, 2.24) is 24.6 Å². The van der Waals surface area contributed by atoms with E-state index in [1.165, 1.54) is 29.2 Å². The maximum absolute atomic E-state index is 12.9. The Bertz CT molecular complexity index is 1470. The molecule has 14 heteroatoms. The molecule has 1 aliphatic rings. The van der Waals surface area contributed by atoms with E-state index in [1.807, 2.05) is 16.5 Å². The van der Waals surface area contributed by atoms with Crippen LogP contribution in [0.3, 0.4) is 0 Å². The van der Waals surface area contributed by atoms with Crippen LogP contribution in [-0.4, -0.2) is 67.4 Å². The van der Waals surface area contributed by atoms with Crippen molar-refractivity contribution in [3.63, 3.8) is 0 Å². The molecule has 36 heavy (non-hydrogen) atoms. The number of anilines is 1. The maximum atomic E-state index is 12.9. The Kier molecular flexibility index (Phi) is 7.02. The molecule has 0 atom stereocenters. The summed E-state index contributed by atoms with van der Waals surface area (Å²) in [5.41, 5.74) is 1.50. The number of halogens is 2. The number of hydrogen-bond donors (Lipinski definition) is 0. The highest BCUT2D eigenvalue weighted by Crippen LogP contribution is 2.33. The largest absolute Gasteiger partial charge is 0.345 e. The summed E-state index contributed by atoms with van der Waals surface area (Å²) in [6.45, 7) is 2.42. The van der Waals surface area contributed by atoms with Crippen LogP contribution in [-0.2, 0) is 11.8 Å². The zero-order valence-corrected chi connectivity index (χ0v) is 22.1. The number of nitro benzene ring substituents is 1. The van der Waals surface area contributed by atoms with Crippen molar-refractivity contribution < 1.29 is 9.72 Å². The second-order valence-corrected chi connectivity index (χ2v) is 10.8. The Balaban J connectivity index is 1.18. The van der Waals surface area contributed by atoms with Gasteiger partial charge in [0.05, 0.1) is 25.9 Å². The second kappa shape index (κ2) is 10.2. The molecular weight excluding hydrogens is 545 g/mol. The Morgan fingerprint density at radius 3 is 2.64 bits per heavy atom. The summed E-state index contributed by atoms with van der Waals surface area (Å²) in [6, 6.07) is 9.87. The van der Waals surface area contributed by atoms with Crippen molar-refractivity contribution >= 4 is 73.2 Å². The third-order valence-corrected chi connectivity index (χ3v) is 8.44. The molecule has 3 heterocycles. The molecule has 0 aliphatic carbocycles. The van der Waals surface area contributed by atoms with Crippen LogP contribution in [0.4, 0.5) is 10.8 Å². The fourth-order valence-corrected chi connectivity index (χ4v) is 6.22. The predicted molar refractivity (Wildman–Crippen MR) is 142 cm³/mol. The number of fused-ring (bicyclic) bond motifs is 1. The molecule has 5 rings (SSSR count). The molecule has 0 spiro atoms. The molecule has 10 nitrogen and oxygen atoms in total. The van der Waals surface area contributed by atoms with E-state index >= 15 is 0 Å². The highest BCUT2D eigenvalue weighted by molar-refractivity contribution is 7.99. The monoisotopic (exact) mass is 563 g/mol. The standard InChI is InChI=1S/C22H19Cl2N7O3S2/c1-28-20(15-4-2-13(23)10-16(15)24)26-27-22(28)35-12-19(32)29-6-8-30(9-7-29)21-25-17-5-3-14(31(33)34)11-18(17)36-21/h2-5,10-11H,6-9,12H2,1H3. The first-order valence-electron chi connectivity index (χ1n) is 10.9. The number of hydrogen-bond acceptors (Lipinski definition) is 9. The van der Waals surface area contributed by atoms with Crippen LogP contribution >= 0.6 is 46.3 Å². The van der Waals surface area contributed by atoms with Gasteiger partial charge in [-0.15, -0.1) is 10.2 Å². The van der Waals surface area contributed by atoms with Crippen LogP contribution in [0.2, 0.25) is 10.0 Å². The van der Waals surface area contributed by atoms with E-state index in [1.54, 1.807) is 30.3 Å². The van der Waals surface area contributed by atoms with Gasteiger partial charge >= 0.3 is 0 Å². The van der Waals surface area contributed by atoms with Crippen LogP contribution in [0, 0.1) is 10.1 Å². The molecule has 0 saturated carbocycles. The number of aromatic nitrogens is 4. The van der Waals surface area contributed by atoms with Crippen molar-refractivity contribution in [2.75, 3.05) is 36.8 Å². The average Bonchev–Trinajstić information content (AvgIpc) is 3.45. The summed E-state index contributed by atoms with van der Waals surface area (Å²) in [7, 11) is 1.83. The van der Waals surface area contributed by atoms with E-state index in [4.69, 9.17) is 23.2 Å². The number of non-ortho nitro benzene ring substituents is 1. The molecule has 2 aromatic carbocycles. The van der Waals surface area contributed by atoms with E-state index in [0.29, 0.717) is 47.2 Å². The number of nitrogens with zero attached hydrogens (tertiary/aromatic N) is 7. The number of carbonyl (C=O) groups is 1. The Hall–Kier alpha value is -2.93. The van der Waals surface area contributed by atoms with Gasteiger partial charge < -0.3 is 14.4 Å². The number of thiazole rings is 1. The molecule has 1 amide bonds. The predicted octanol–water partition coefficient (Wildman–Crippen LogP) is 4.75. The molecule has 0 bridgehead atoms. The fraction of sp³-hybridized carbons (Fsp3) is 0.273. The fourth-order valence-electron chi connectivity index (χ4n) is 3.86. The summed E-state index contributed by atoms with van der Waals surface area (Å²) in [5, 5.41) is 21.9. The van der Waals surface area contributed by atoms with Gasteiger partial charge in [-0.2, -0.15) is 0 Å². The van der Waals surface area contributed by atoms with Crippen molar-refractivity contribution in [3.8, 4) is 11.4 Å². The minimum atomic E-state index is -0.407. The van der Waals surface area contributed by atoms with Gasteiger partial charge in [-0.05, 0) is 24.3 Å². The third-order valence-electron chi connectivity index (χ3n) is 5.81. The normalized spacial score (nSPS) is 14.0. The molecule has 0 N–H and O–H groups in total. The van der Waals surface area contributed by atoms with Crippen LogP contribution in [0.15, 0.2) is 41.6 Å². The number of benzene rings is 2. The quantitative estimate of drug-likeness (QED) is 0.188. The molecule has 2 aromatic heterocycles. The average molecular weight is 564 g/mol.